The van der Waals surface area contributed by atoms with Crippen LogP contribution in [0, 0.1) is 11.3 Å². The monoisotopic (exact) mass is 220 g/mol. The lowest BCUT2D eigenvalue weighted by Crippen LogP contribution is -2.19. The van der Waals surface area contributed by atoms with Crippen molar-refractivity contribution in [2.24, 2.45) is 0 Å². The molecule has 1 amide bonds. The third-order valence-corrected chi connectivity index (χ3v) is 2.03. The van der Waals surface area contributed by atoms with Gasteiger partial charge in [-0.1, -0.05) is 23.7 Å². The van der Waals surface area contributed by atoms with Gasteiger partial charge in [0, 0.05) is 12.1 Å². The van der Waals surface area contributed by atoms with E-state index in [2.05, 4.69) is 5.32 Å². The molecule has 3 nitrogen and oxygen atoms in total. The highest BCUT2D eigenvalue weighted by atomic mass is 35.5. The van der Waals surface area contributed by atoms with Crippen molar-refractivity contribution in [1.82, 2.24) is 5.32 Å². The Hall–Kier alpha value is -1.79. The molecule has 1 N–H and O–H groups in total. The highest BCUT2D eigenvalue weighted by Crippen LogP contribution is 2.12. The second-order valence-electron chi connectivity index (χ2n) is 2.80. The first-order valence-electron chi connectivity index (χ1n) is 4.27. The number of benzene rings is 1. The molecular formula is C11H9ClN2O. The van der Waals surface area contributed by atoms with Crippen LogP contribution in [0.2, 0.25) is 5.02 Å². The number of hydrogen-bond donors (Lipinski definition) is 1. The van der Waals surface area contributed by atoms with Crippen molar-refractivity contribution in [2.45, 2.75) is 0 Å². The van der Waals surface area contributed by atoms with E-state index < -0.39 is 5.91 Å². The summed E-state index contributed by atoms with van der Waals surface area (Å²) >= 11 is 5.71. The summed E-state index contributed by atoms with van der Waals surface area (Å²) in [4.78, 5) is 11.2. The number of rotatable bonds is 2. The molecule has 0 atom stereocenters. The van der Waals surface area contributed by atoms with Crippen LogP contribution in [-0.4, -0.2) is 13.0 Å². The van der Waals surface area contributed by atoms with E-state index in [1.807, 2.05) is 6.07 Å². The Morgan fingerprint density at radius 3 is 2.53 bits per heavy atom. The lowest BCUT2D eigenvalue weighted by atomic mass is 10.1. The summed E-state index contributed by atoms with van der Waals surface area (Å²) in [6.07, 6.45) is 1.51. The summed E-state index contributed by atoms with van der Waals surface area (Å²) in [5.74, 6) is -0.396. The van der Waals surface area contributed by atoms with Crippen molar-refractivity contribution in [3.05, 3.63) is 40.4 Å². The fraction of sp³-hybridized carbons (Fsp3) is 0.0909. The van der Waals surface area contributed by atoms with Crippen molar-refractivity contribution in [3.8, 4) is 6.07 Å². The molecule has 0 saturated heterocycles. The van der Waals surface area contributed by atoms with Crippen LogP contribution in [0.15, 0.2) is 29.8 Å². The standard InChI is InChI=1S/C11H9ClN2O/c1-14-11(15)9(7-13)6-8-2-4-10(12)5-3-8/h2-6H,1H3,(H,14,15). The van der Waals surface area contributed by atoms with Crippen LogP contribution in [0.25, 0.3) is 6.08 Å². The van der Waals surface area contributed by atoms with Gasteiger partial charge in [-0.3, -0.25) is 4.79 Å². The van der Waals surface area contributed by atoms with Crippen LogP contribution < -0.4 is 5.32 Å². The SMILES string of the molecule is CNC(=O)C(C#N)=Cc1ccc(Cl)cc1. The molecule has 0 radical (unpaired) electrons. The molecule has 1 aromatic rings. The molecular weight excluding hydrogens is 212 g/mol. The third kappa shape index (κ3) is 3.12. The first-order valence-corrected chi connectivity index (χ1v) is 4.64. The number of nitriles is 1. The van der Waals surface area contributed by atoms with Gasteiger partial charge in [-0.2, -0.15) is 5.26 Å². The van der Waals surface area contributed by atoms with Crippen molar-refractivity contribution in [2.75, 3.05) is 7.05 Å². The van der Waals surface area contributed by atoms with Gasteiger partial charge < -0.3 is 5.32 Å². The summed E-state index contributed by atoms with van der Waals surface area (Å²) in [5.41, 5.74) is 0.833. The number of nitrogens with zero attached hydrogens (tertiary/aromatic N) is 1. The molecule has 0 spiro atoms. The van der Waals surface area contributed by atoms with E-state index >= 15 is 0 Å². The van der Waals surface area contributed by atoms with Crippen molar-refractivity contribution in [3.63, 3.8) is 0 Å². The number of carbonyl (C=O) groups excluding carboxylic acids is 1. The Balaban J connectivity index is 3.00. The maximum Gasteiger partial charge on any atom is 0.261 e. The van der Waals surface area contributed by atoms with E-state index in [1.165, 1.54) is 13.1 Å². The third-order valence-electron chi connectivity index (χ3n) is 1.77. The summed E-state index contributed by atoms with van der Waals surface area (Å²) in [6, 6.07) is 8.71. The Morgan fingerprint density at radius 2 is 2.07 bits per heavy atom. The largest absolute Gasteiger partial charge is 0.354 e. The maximum atomic E-state index is 11.2. The second kappa shape index (κ2) is 5.18. The highest BCUT2D eigenvalue weighted by Gasteiger charge is 2.05. The van der Waals surface area contributed by atoms with E-state index in [0.717, 1.165) is 5.56 Å². The van der Waals surface area contributed by atoms with Crippen LogP contribution in [-0.2, 0) is 4.79 Å². The van der Waals surface area contributed by atoms with Gasteiger partial charge in [0.2, 0.25) is 0 Å². The fourth-order valence-corrected chi connectivity index (χ4v) is 1.13. The molecule has 1 rings (SSSR count). The molecule has 0 aliphatic carbocycles. The van der Waals surface area contributed by atoms with Crippen LogP contribution in [0.3, 0.4) is 0 Å². The molecule has 0 aliphatic heterocycles. The summed E-state index contributed by atoms with van der Waals surface area (Å²) in [5, 5.41) is 11.7. The average Bonchev–Trinajstić information content (AvgIpc) is 2.27. The quantitative estimate of drug-likeness (QED) is 0.612. The maximum absolute atomic E-state index is 11.2. The van der Waals surface area contributed by atoms with Gasteiger partial charge in [0.25, 0.3) is 5.91 Å². The summed E-state index contributed by atoms with van der Waals surface area (Å²) in [6.45, 7) is 0. The lowest BCUT2D eigenvalue weighted by molar-refractivity contribution is -0.116. The van der Waals surface area contributed by atoms with Gasteiger partial charge in [0.05, 0.1) is 0 Å². The van der Waals surface area contributed by atoms with Gasteiger partial charge in [-0.25, -0.2) is 0 Å². The number of hydrogen-bond acceptors (Lipinski definition) is 2. The minimum atomic E-state index is -0.396. The number of nitrogens with one attached hydrogen (secondary N) is 1. The zero-order valence-electron chi connectivity index (χ0n) is 8.12. The van der Waals surface area contributed by atoms with Crippen LogP contribution in [0.5, 0.6) is 0 Å². The second-order valence-corrected chi connectivity index (χ2v) is 3.24. The molecule has 0 fully saturated rings. The molecule has 1 aromatic carbocycles. The van der Waals surface area contributed by atoms with Crippen molar-refractivity contribution in [1.29, 1.82) is 5.26 Å². The number of halogens is 1. The predicted molar refractivity (Wildman–Crippen MR) is 59.1 cm³/mol. The zero-order chi connectivity index (χ0) is 11.3. The normalized spacial score (nSPS) is 10.6. The summed E-state index contributed by atoms with van der Waals surface area (Å²) < 4.78 is 0. The van der Waals surface area contributed by atoms with E-state index in [0.29, 0.717) is 5.02 Å². The number of likely N-dealkylation sites (N-methyl/N-ethyl adjacent to an activating group) is 1. The highest BCUT2D eigenvalue weighted by molar-refractivity contribution is 6.30. The van der Waals surface area contributed by atoms with Gasteiger partial charge in [0.1, 0.15) is 11.6 Å². The fourth-order valence-electron chi connectivity index (χ4n) is 1.01. The Kier molecular flexibility index (Phi) is 3.90. The Morgan fingerprint density at radius 1 is 1.47 bits per heavy atom. The molecule has 0 saturated carbocycles. The minimum absolute atomic E-state index is 0.0693. The van der Waals surface area contributed by atoms with E-state index in [4.69, 9.17) is 16.9 Å². The molecule has 76 valence electrons. The molecule has 0 aliphatic rings. The smallest absolute Gasteiger partial charge is 0.261 e. The average molecular weight is 221 g/mol. The van der Waals surface area contributed by atoms with E-state index in [1.54, 1.807) is 24.3 Å². The topological polar surface area (TPSA) is 52.9 Å². The van der Waals surface area contributed by atoms with Crippen molar-refractivity contribution >= 4 is 23.6 Å². The van der Waals surface area contributed by atoms with Crippen molar-refractivity contribution < 1.29 is 4.79 Å². The first-order chi connectivity index (χ1) is 7.17. The van der Waals surface area contributed by atoms with E-state index in [-0.39, 0.29) is 5.57 Å². The molecule has 0 aromatic heterocycles. The zero-order valence-corrected chi connectivity index (χ0v) is 8.88. The van der Waals surface area contributed by atoms with Crippen LogP contribution >= 0.6 is 11.6 Å². The molecule has 0 heterocycles. The molecule has 4 heteroatoms. The molecule has 0 unspecified atom stereocenters. The summed E-state index contributed by atoms with van der Waals surface area (Å²) in [7, 11) is 1.48. The lowest BCUT2D eigenvalue weighted by Gasteiger charge is -1.97. The minimum Gasteiger partial charge on any atom is -0.354 e. The molecule has 15 heavy (non-hydrogen) atoms. The van der Waals surface area contributed by atoms with Gasteiger partial charge >= 0.3 is 0 Å². The van der Waals surface area contributed by atoms with Crippen LogP contribution in [0.4, 0.5) is 0 Å². The van der Waals surface area contributed by atoms with Gasteiger partial charge in [-0.15, -0.1) is 0 Å². The Bertz CT molecular complexity index is 429. The van der Waals surface area contributed by atoms with Gasteiger partial charge in [0.15, 0.2) is 0 Å². The molecule has 0 bridgehead atoms. The first kappa shape index (κ1) is 11.3. The Labute approximate surface area is 93.0 Å². The van der Waals surface area contributed by atoms with Crippen LogP contribution in [0.1, 0.15) is 5.56 Å². The van der Waals surface area contributed by atoms with E-state index in [9.17, 15) is 4.79 Å². The van der Waals surface area contributed by atoms with Gasteiger partial charge in [-0.05, 0) is 23.8 Å². The number of amides is 1. The predicted octanol–water partition coefficient (Wildman–Crippen LogP) is 1.99. The number of carbonyl (C=O) groups is 1.